The molecular formula is C16H24O2. The van der Waals surface area contributed by atoms with Crippen molar-refractivity contribution in [3.8, 4) is 5.75 Å². The second kappa shape index (κ2) is 5.57. The zero-order valence-corrected chi connectivity index (χ0v) is 12.3. The molecule has 0 aliphatic heterocycles. The lowest BCUT2D eigenvalue weighted by Crippen LogP contribution is -2.22. The summed E-state index contributed by atoms with van der Waals surface area (Å²) in [7, 11) is 0. The lowest BCUT2D eigenvalue weighted by molar-refractivity contribution is -0.275. The highest BCUT2D eigenvalue weighted by atomic mass is 17.2. The second-order valence-corrected chi connectivity index (χ2v) is 5.94. The van der Waals surface area contributed by atoms with Gasteiger partial charge in [-0.3, -0.25) is 0 Å². The summed E-state index contributed by atoms with van der Waals surface area (Å²) in [6, 6.07) is 6.11. The van der Waals surface area contributed by atoms with Crippen LogP contribution in [-0.4, -0.2) is 5.60 Å². The second-order valence-electron chi connectivity index (χ2n) is 5.94. The van der Waals surface area contributed by atoms with Gasteiger partial charge in [-0.05, 0) is 39.2 Å². The van der Waals surface area contributed by atoms with Crippen LogP contribution < -0.4 is 4.89 Å². The lowest BCUT2D eigenvalue weighted by Gasteiger charge is -2.22. The number of hydrogen-bond donors (Lipinski definition) is 0. The Kier molecular flexibility index (Phi) is 4.58. The molecule has 0 N–H and O–H groups in total. The molecule has 2 heteroatoms. The molecule has 1 aromatic carbocycles. The summed E-state index contributed by atoms with van der Waals surface area (Å²) in [5, 5.41) is 0. The van der Waals surface area contributed by atoms with Crippen molar-refractivity contribution in [1.82, 2.24) is 0 Å². The highest BCUT2D eigenvalue weighted by Gasteiger charge is 2.18. The van der Waals surface area contributed by atoms with Crippen LogP contribution >= 0.6 is 0 Å². The Morgan fingerprint density at radius 2 is 1.83 bits per heavy atom. The predicted octanol–water partition coefficient (Wildman–Crippen LogP) is 4.95. The summed E-state index contributed by atoms with van der Waals surface area (Å²) in [6.45, 7) is 16.1. The smallest absolute Gasteiger partial charge is 0.176 e. The first-order valence-electron chi connectivity index (χ1n) is 6.37. The van der Waals surface area contributed by atoms with Crippen molar-refractivity contribution < 1.29 is 9.78 Å². The quantitative estimate of drug-likeness (QED) is 0.554. The SMILES string of the molecule is C=C(C)c1cccc(C(C)C)c1OOC(C)(C)C. The van der Waals surface area contributed by atoms with E-state index in [1.807, 2.05) is 39.8 Å². The van der Waals surface area contributed by atoms with E-state index in [0.29, 0.717) is 5.92 Å². The molecule has 0 aliphatic rings. The van der Waals surface area contributed by atoms with E-state index in [-0.39, 0.29) is 5.60 Å². The summed E-state index contributed by atoms with van der Waals surface area (Å²) in [5.74, 6) is 1.16. The maximum Gasteiger partial charge on any atom is 0.176 e. The van der Waals surface area contributed by atoms with E-state index in [2.05, 4.69) is 26.5 Å². The molecule has 100 valence electrons. The number of rotatable bonds is 4. The molecule has 0 fully saturated rings. The molecule has 0 aromatic heterocycles. The predicted molar refractivity (Wildman–Crippen MR) is 76.7 cm³/mol. The van der Waals surface area contributed by atoms with E-state index in [1.54, 1.807) is 0 Å². The van der Waals surface area contributed by atoms with Crippen LogP contribution in [-0.2, 0) is 4.89 Å². The van der Waals surface area contributed by atoms with Crippen LogP contribution in [0.4, 0.5) is 0 Å². The minimum atomic E-state index is -0.337. The lowest BCUT2D eigenvalue weighted by atomic mass is 9.97. The Bertz CT molecular complexity index is 425. The minimum Gasteiger partial charge on any atom is -0.336 e. The van der Waals surface area contributed by atoms with Crippen LogP contribution in [0.3, 0.4) is 0 Å². The van der Waals surface area contributed by atoms with Crippen LogP contribution in [0.25, 0.3) is 5.57 Å². The first-order valence-corrected chi connectivity index (χ1v) is 6.37. The third kappa shape index (κ3) is 3.88. The van der Waals surface area contributed by atoms with Gasteiger partial charge in [0.2, 0.25) is 0 Å². The van der Waals surface area contributed by atoms with Crippen molar-refractivity contribution in [2.75, 3.05) is 0 Å². The normalized spacial score (nSPS) is 11.7. The van der Waals surface area contributed by atoms with E-state index >= 15 is 0 Å². The van der Waals surface area contributed by atoms with Crippen molar-refractivity contribution in [2.24, 2.45) is 0 Å². The molecule has 0 unspecified atom stereocenters. The Hall–Kier alpha value is -1.28. The molecule has 1 rings (SSSR count). The topological polar surface area (TPSA) is 18.5 Å². The van der Waals surface area contributed by atoms with Crippen molar-refractivity contribution in [2.45, 2.75) is 53.1 Å². The number of benzene rings is 1. The molecule has 1 aromatic rings. The molecule has 0 atom stereocenters. The highest BCUT2D eigenvalue weighted by Crippen LogP contribution is 2.34. The highest BCUT2D eigenvalue weighted by molar-refractivity contribution is 5.69. The largest absolute Gasteiger partial charge is 0.336 e. The van der Waals surface area contributed by atoms with Crippen LogP contribution in [0.2, 0.25) is 0 Å². The van der Waals surface area contributed by atoms with Crippen molar-refractivity contribution in [3.63, 3.8) is 0 Å². The maximum absolute atomic E-state index is 5.59. The monoisotopic (exact) mass is 248 g/mol. The summed E-state index contributed by atoms with van der Waals surface area (Å²) in [6.07, 6.45) is 0. The van der Waals surface area contributed by atoms with E-state index in [4.69, 9.17) is 9.78 Å². The fourth-order valence-electron chi connectivity index (χ4n) is 1.61. The van der Waals surface area contributed by atoms with Gasteiger partial charge in [-0.25, -0.2) is 0 Å². The molecule has 18 heavy (non-hydrogen) atoms. The molecule has 0 amide bonds. The average Bonchev–Trinajstić information content (AvgIpc) is 2.24. The summed E-state index contributed by atoms with van der Waals surface area (Å²) >= 11 is 0. The fraction of sp³-hybridized carbons (Fsp3) is 0.500. The molecule has 0 radical (unpaired) electrons. The van der Waals surface area contributed by atoms with Gasteiger partial charge in [-0.1, -0.05) is 38.6 Å². The Labute approximate surface area is 111 Å². The van der Waals surface area contributed by atoms with Gasteiger partial charge in [-0.2, -0.15) is 4.89 Å². The maximum atomic E-state index is 5.59. The third-order valence-corrected chi connectivity index (χ3v) is 2.50. The molecule has 0 saturated carbocycles. The van der Waals surface area contributed by atoms with Crippen molar-refractivity contribution in [3.05, 3.63) is 35.9 Å². The van der Waals surface area contributed by atoms with E-state index < -0.39 is 0 Å². The third-order valence-electron chi connectivity index (χ3n) is 2.50. The van der Waals surface area contributed by atoms with Gasteiger partial charge in [0.1, 0.15) is 5.60 Å². The molecule has 0 aliphatic carbocycles. The molecule has 0 bridgehead atoms. The van der Waals surface area contributed by atoms with Gasteiger partial charge in [-0.15, -0.1) is 0 Å². The first kappa shape index (κ1) is 14.8. The summed E-state index contributed by atoms with van der Waals surface area (Å²) < 4.78 is 0. The van der Waals surface area contributed by atoms with Crippen molar-refractivity contribution >= 4 is 5.57 Å². The molecule has 0 spiro atoms. The first-order chi connectivity index (χ1) is 8.22. The minimum absolute atomic E-state index is 0.337. The molecule has 0 saturated heterocycles. The number of allylic oxidation sites excluding steroid dienone is 1. The zero-order chi connectivity index (χ0) is 13.9. The average molecular weight is 248 g/mol. The molecule has 0 heterocycles. The molecular weight excluding hydrogens is 224 g/mol. The van der Waals surface area contributed by atoms with Gasteiger partial charge in [0.25, 0.3) is 0 Å². The van der Waals surface area contributed by atoms with Crippen LogP contribution in [0, 0.1) is 0 Å². The van der Waals surface area contributed by atoms with Gasteiger partial charge in [0.05, 0.1) is 0 Å². The van der Waals surface area contributed by atoms with Gasteiger partial charge in [0.15, 0.2) is 5.75 Å². The number of hydrogen-bond acceptors (Lipinski definition) is 2. The van der Waals surface area contributed by atoms with Crippen LogP contribution in [0.1, 0.15) is 58.6 Å². The summed E-state index contributed by atoms with van der Waals surface area (Å²) in [5.41, 5.74) is 2.78. The zero-order valence-electron chi connectivity index (χ0n) is 12.3. The van der Waals surface area contributed by atoms with Crippen LogP contribution in [0.15, 0.2) is 24.8 Å². The van der Waals surface area contributed by atoms with E-state index in [9.17, 15) is 0 Å². The summed E-state index contributed by atoms with van der Waals surface area (Å²) in [4.78, 5) is 11.1. The van der Waals surface area contributed by atoms with Gasteiger partial charge >= 0.3 is 0 Å². The Balaban J connectivity index is 3.15. The van der Waals surface area contributed by atoms with Gasteiger partial charge in [0, 0.05) is 11.1 Å². The standard InChI is InChI=1S/C16H24O2/c1-11(2)13-9-8-10-14(12(3)4)15(13)17-18-16(5,6)7/h8-10,12H,1H2,2-7H3. The fourth-order valence-corrected chi connectivity index (χ4v) is 1.61. The van der Waals surface area contributed by atoms with Gasteiger partial charge < -0.3 is 4.89 Å². The Morgan fingerprint density at radius 1 is 1.22 bits per heavy atom. The molecule has 2 nitrogen and oxygen atoms in total. The van der Waals surface area contributed by atoms with Crippen LogP contribution in [0.5, 0.6) is 5.75 Å². The van der Waals surface area contributed by atoms with E-state index in [0.717, 1.165) is 22.4 Å². The Morgan fingerprint density at radius 3 is 2.28 bits per heavy atom. The van der Waals surface area contributed by atoms with Crippen molar-refractivity contribution in [1.29, 1.82) is 0 Å². The van der Waals surface area contributed by atoms with E-state index in [1.165, 1.54) is 0 Å². The number of para-hydroxylation sites is 1.